The Morgan fingerprint density at radius 2 is 1.94 bits per heavy atom. The molecule has 0 aliphatic heterocycles. The highest BCUT2D eigenvalue weighted by Gasteiger charge is 2.04. The molecule has 0 amide bonds. The lowest BCUT2D eigenvalue weighted by atomic mass is 10.1. The van der Waals surface area contributed by atoms with Gasteiger partial charge in [0.05, 0.1) is 12.8 Å². The number of halogens is 1. The fourth-order valence-electron chi connectivity index (χ4n) is 1.56. The minimum atomic E-state index is -0.310. The molecule has 0 bridgehead atoms. The summed E-state index contributed by atoms with van der Waals surface area (Å²) in [5.41, 5.74) is 1.38. The van der Waals surface area contributed by atoms with Gasteiger partial charge in [0.1, 0.15) is 11.6 Å². The highest BCUT2D eigenvalue weighted by atomic mass is 19.1. The van der Waals surface area contributed by atoms with Crippen molar-refractivity contribution in [3.63, 3.8) is 0 Å². The summed E-state index contributed by atoms with van der Waals surface area (Å²) < 4.78 is 19.0. The zero-order valence-corrected chi connectivity index (χ0v) is 9.69. The van der Waals surface area contributed by atoms with Crippen molar-refractivity contribution in [2.75, 3.05) is 6.61 Å². The maximum absolute atomic E-state index is 13.5. The third-order valence-electron chi connectivity index (χ3n) is 2.41. The Morgan fingerprint density at radius 1 is 1.18 bits per heavy atom. The van der Waals surface area contributed by atoms with Crippen LogP contribution in [0.5, 0.6) is 5.75 Å². The van der Waals surface area contributed by atoms with Crippen molar-refractivity contribution in [2.24, 2.45) is 0 Å². The van der Waals surface area contributed by atoms with Crippen molar-refractivity contribution < 1.29 is 9.13 Å². The molecule has 0 fully saturated rings. The highest BCUT2D eigenvalue weighted by molar-refractivity contribution is 5.64. The molecule has 2 nitrogen and oxygen atoms in total. The van der Waals surface area contributed by atoms with Gasteiger partial charge in [0.15, 0.2) is 0 Å². The summed E-state index contributed by atoms with van der Waals surface area (Å²) >= 11 is 0. The molecule has 2 rings (SSSR count). The van der Waals surface area contributed by atoms with E-state index in [4.69, 9.17) is 4.74 Å². The zero-order chi connectivity index (χ0) is 12.1. The third kappa shape index (κ3) is 2.81. The molecule has 0 aliphatic rings. The average Bonchev–Trinajstić information content (AvgIpc) is 2.38. The molecule has 2 aromatic rings. The topological polar surface area (TPSA) is 22.1 Å². The lowest BCUT2D eigenvalue weighted by Gasteiger charge is -2.06. The molecule has 3 heteroatoms. The van der Waals surface area contributed by atoms with E-state index in [1.165, 1.54) is 6.20 Å². The van der Waals surface area contributed by atoms with E-state index in [0.29, 0.717) is 12.2 Å². The largest absolute Gasteiger partial charge is 0.494 e. The van der Waals surface area contributed by atoms with Gasteiger partial charge in [-0.05, 0) is 30.2 Å². The van der Waals surface area contributed by atoms with Crippen LogP contribution in [0.25, 0.3) is 11.1 Å². The molecule has 1 aromatic carbocycles. The summed E-state index contributed by atoms with van der Waals surface area (Å²) in [4.78, 5) is 3.73. The van der Waals surface area contributed by atoms with Gasteiger partial charge in [-0.3, -0.25) is 4.98 Å². The van der Waals surface area contributed by atoms with Crippen LogP contribution in [0.2, 0.25) is 0 Å². The second-order valence-electron chi connectivity index (χ2n) is 3.73. The number of ether oxygens (including phenoxy) is 1. The van der Waals surface area contributed by atoms with Crippen molar-refractivity contribution in [2.45, 2.75) is 13.3 Å². The first-order valence-electron chi connectivity index (χ1n) is 5.64. The van der Waals surface area contributed by atoms with Crippen LogP contribution in [-0.4, -0.2) is 11.6 Å². The Morgan fingerprint density at radius 3 is 2.59 bits per heavy atom. The van der Waals surface area contributed by atoms with Gasteiger partial charge in [-0.15, -0.1) is 0 Å². The first-order valence-corrected chi connectivity index (χ1v) is 5.64. The van der Waals surface area contributed by atoms with Crippen LogP contribution in [0, 0.1) is 5.82 Å². The summed E-state index contributed by atoms with van der Waals surface area (Å²) in [6.07, 6.45) is 3.78. The molecule has 0 spiro atoms. The lowest BCUT2D eigenvalue weighted by Crippen LogP contribution is -1.94. The maximum Gasteiger partial charge on any atom is 0.149 e. The van der Waals surface area contributed by atoms with Crippen LogP contribution in [-0.2, 0) is 0 Å². The van der Waals surface area contributed by atoms with Crippen molar-refractivity contribution in [1.82, 2.24) is 4.98 Å². The second kappa shape index (κ2) is 5.43. The molecule has 0 aliphatic carbocycles. The summed E-state index contributed by atoms with van der Waals surface area (Å²) in [5.74, 6) is 0.500. The van der Waals surface area contributed by atoms with Crippen LogP contribution in [0.3, 0.4) is 0 Å². The quantitative estimate of drug-likeness (QED) is 0.800. The van der Waals surface area contributed by atoms with Gasteiger partial charge in [-0.25, -0.2) is 4.39 Å². The standard InChI is InChI=1S/C14H14FNO/c1-2-9-17-12-5-3-11(4-6-12)13-7-8-16-10-14(13)15/h3-8,10H,2,9H2,1H3. The smallest absolute Gasteiger partial charge is 0.149 e. The predicted molar refractivity (Wildman–Crippen MR) is 65.4 cm³/mol. The monoisotopic (exact) mass is 231 g/mol. The fraction of sp³-hybridized carbons (Fsp3) is 0.214. The Kier molecular flexibility index (Phi) is 3.70. The van der Waals surface area contributed by atoms with E-state index in [2.05, 4.69) is 11.9 Å². The van der Waals surface area contributed by atoms with E-state index in [9.17, 15) is 4.39 Å². The van der Waals surface area contributed by atoms with Gasteiger partial charge in [0.2, 0.25) is 0 Å². The van der Waals surface area contributed by atoms with Gasteiger partial charge >= 0.3 is 0 Å². The molecule has 0 radical (unpaired) electrons. The van der Waals surface area contributed by atoms with E-state index in [1.807, 2.05) is 24.3 Å². The van der Waals surface area contributed by atoms with Crippen LogP contribution >= 0.6 is 0 Å². The van der Waals surface area contributed by atoms with Crippen molar-refractivity contribution in [3.05, 3.63) is 48.5 Å². The normalized spacial score (nSPS) is 10.2. The molecular weight excluding hydrogens is 217 g/mol. The molecule has 0 atom stereocenters. The minimum Gasteiger partial charge on any atom is -0.494 e. The summed E-state index contributed by atoms with van der Waals surface area (Å²) in [6.45, 7) is 2.75. The molecule has 17 heavy (non-hydrogen) atoms. The number of hydrogen-bond acceptors (Lipinski definition) is 2. The van der Waals surface area contributed by atoms with Crippen LogP contribution < -0.4 is 4.74 Å². The Bertz CT molecular complexity index is 482. The number of pyridine rings is 1. The Balaban J connectivity index is 2.21. The van der Waals surface area contributed by atoms with Gasteiger partial charge < -0.3 is 4.74 Å². The van der Waals surface area contributed by atoms with E-state index >= 15 is 0 Å². The summed E-state index contributed by atoms with van der Waals surface area (Å²) in [7, 11) is 0. The Hall–Kier alpha value is -1.90. The molecule has 1 aromatic heterocycles. The van der Waals surface area contributed by atoms with E-state index in [0.717, 1.165) is 17.7 Å². The zero-order valence-electron chi connectivity index (χ0n) is 9.69. The van der Waals surface area contributed by atoms with Crippen LogP contribution in [0.15, 0.2) is 42.7 Å². The van der Waals surface area contributed by atoms with Gasteiger partial charge in [-0.2, -0.15) is 0 Å². The average molecular weight is 231 g/mol. The van der Waals surface area contributed by atoms with E-state index in [1.54, 1.807) is 12.3 Å². The number of hydrogen-bond donors (Lipinski definition) is 0. The number of rotatable bonds is 4. The maximum atomic E-state index is 13.5. The molecular formula is C14H14FNO. The first kappa shape index (κ1) is 11.6. The molecule has 88 valence electrons. The van der Waals surface area contributed by atoms with Gasteiger partial charge in [-0.1, -0.05) is 19.1 Å². The number of aromatic nitrogens is 1. The molecule has 0 N–H and O–H groups in total. The van der Waals surface area contributed by atoms with Crippen molar-refractivity contribution in [1.29, 1.82) is 0 Å². The third-order valence-corrected chi connectivity index (χ3v) is 2.41. The van der Waals surface area contributed by atoms with Crippen molar-refractivity contribution in [3.8, 4) is 16.9 Å². The van der Waals surface area contributed by atoms with E-state index in [-0.39, 0.29) is 5.82 Å². The predicted octanol–water partition coefficient (Wildman–Crippen LogP) is 3.68. The molecule has 0 unspecified atom stereocenters. The van der Waals surface area contributed by atoms with Crippen LogP contribution in [0.4, 0.5) is 4.39 Å². The number of nitrogens with zero attached hydrogens (tertiary/aromatic N) is 1. The van der Waals surface area contributed by atoms with Gasteiger partial charge in [0.25, 0.3) is 0 Å². The molecule has 0 saturated heterocycles. The van der Waals surface area contributed by atoms with Gasteiger partial charge in [0, 0.05) is 11.8 Å². The second-order valence-corrected chi connectivity index (χ2v) is 3.73. The highest BCUT2D eigenvalue weighted by Crippen LogP contribution is 2.24. The SMILES string of the molecule is CCCOc1ccc(-c2ccncc2F)cc1. The van der Waals surface area contributed by atoms with E-state index < -0.39 is 0 Å². The Labute approximate surface area is 100 Å². The minimum absolute atomic E-state index is 0.310. The fourth-order valence-corrected chi connectivity index (χ4v) is 1.56. The number of benzene rings is 1. The molecule has 0 saturated carbocycles. The van der Waals surface area contributed by atoms with Crippen molar-refractivity contribution >= 4 is 0 Å². The summed E-state index contributed by atoms with van der Waals surface area (Å²) in [5, 5.41) is 0. The summed E-state index contributed by atoms with van der Waals surface area (Å²) in [6, 6.07) is 9.07. The van der Waals surface area contributed by atoms with Crippen LogP contribution in [0.1, 0.15) is 13.3 Å². The molecule has 1 heterocycles. The lowest BCUT2D eigenvalue weighted by molar-refractivity contribution is 0.317. The first-order chi connectivity index (χ1) is 8.31.